The molecule has 0 saturated heterocycles. The van der Waals surface area contributed by atoms with Crippen molar-refractivity contribution in [3.8, 4) is 5.75 Å². The molecule has 1 unspecified atom stereocenters. The maximum absolute atomic E-state index is 12.1. The van der Waals surface area contributed by atoms with Crippen LogP contribution in [0.3, 0.4) is 0 Å². The van der Waals surface area contributed by atoms with E-state index in [9.17, 15) is 4.79 Å². The van der Waals surface area contributed by atoms with Gasteiger partial charge in [0.1, 0.15) is 11.8 Å². The Kier molecular flexibility index (Phi) is 5.01. The first-order chi connectivity index (χ1) is 9.61. The monoisotopic (exact) mass is 277 g/mol. The lowest BCUT2D eigenvalue weighted by atomic mass is 10.0. The summed E-state index contributed by atoms with van der Waals surface area (Å²) in [5.74, 6) is 1.19. The molecule has 0 aromatic heterocycles. The van der Waals surface area contributed by atoms with Gasteiger partial charge in [0, 0.05) is 6.42 Å². The van der Waals surface area contributed by atoms with Crippen LogP contribution in [0, 0.1) is 5.92 Å². The van der Waals surface area contributed by atoms with Gasteiger partial charge in [-0.25, -0.2) is 4.79 Å². The van der Waals surface area contributed by atoms with E-state index in [1.165, 1.54) is 5.56 Å². The normalized spacial score (nSPS) is 14.8. The van der Waals surface area contributed by atoms with Gasteiger partial charge in [-0.3, -0.25) is 0 Å². The third kappa shape index (κ3) is 3.51. The number of hydrogen-bond donors (Lipinski definition) is 1. The van der Waals surface area contributed by atoms with Crippen molar-refractivity contribution in [2.45, 2.75) is 33.2 Å². The number of fused-ring (bicyclic) bond motifs is 1. The predicted octanol–water partition coefficient (Wildman–Crippen LogP) is 2.47. The third-order valence-electron chi connectivity index (χ3n) is 3.30. The summed E-state index contributed by atoms with van der Waals surface area (Å²) < 4.78 is 10.7. The summed E-state index contributed by atoms with van der Waals surface area (Å²) >= 11 is 0. The Labute approximate surface area is 120 Å². The minimum Gasteiger partial charge on any atom is -0.493 e. The lowest BCUT2D eigenvalue weighted by Gasteiger charge is -2.19. The zero-order chi connectivity index (χ0) is 14.5. The molecule has 1 aliphatic heterocycles. The third-order valence-corrected chi connectivity index (χ3v) is 3.30. The van der Waals surface area contributed by atoms with Gasteiger partial charge in [0.05, 0.1) is 13.2 Å². The van der Waals surface area contributed by atoms with E-state index in [-0.39, 0.29) is 5.97 Å². The van der Waals surface area contributed by atoms with Crippen LogP contribution in [0.1, 0.15) is 37.9 Å². The minimum atomic E-state index is -0.400. The number of hydrogen-bond acceptors (Lipinski definition) is 4. The predicted molar refractivity (Wildman–Crippen MR) is 77.9 cm³/mol. The van der Waals surface area contributed by atoms with Gasteiger partial charge in [-0.05, 0) is 42.6 Å². The smallest absolute Gasteiger partial charge is 0.327 e. The fourth-order valence-electron chi connectivity index (χ4n) is 2.30. The summed E-state index contributed by atoms with van der Waals surface area (Å²) in [5.41, 5.74) is 2.12. The molecule has 0 amide bonds. The highest BCUT2D eigenvalue weighted by Gasteiger charge is 2.23. The molecule has 1 aromatic rings. The number of rotatable bonds is 6. The summed E-state index contributed by atoms with van der Waals surface area (Å²) in [6.45, 7) is 7.96. The number of carbonyl (C=O) groups excluding carboxylic acids is 1. The van der Waals surface area contributed by atoms with E-state index in [1.807, 2.05) is 19.1 Å². The van der Waals surface area contributed by atoms with Crippen molar-refractivity contribution in [3.63, 3.8) is 0 Å². The number of ether oxygens (including phenoxy) is 2. The Hall–Kier alpha value is -1.55. The first-order valence-electron chi connectivity index (χ1n) is 7.27. The van der Waals surface area contributed by atoms with Crippen molar-refractivity contribution in [2.75, 3.05) is 19.8 Å². The standard InChI is InChI=1S/C16H23NO3/c1-4-19-16(18)15(17-10-11(2)3)13-5-6-14-12(9-13)7-8-20-14/h5-6,9,11,15,17H,4,7-8,10H2,1-3H3. The van der Waals surface area contributed by atoms with Gasteiger partial charge >= 0.3 is 5.97 Å². The van der Waals surface area contributed by atoms with Crippen molar-refractivity contribution in [3.05, 3.63) is 29.3 Å². The van der Waals surface area contributed by atoms with Crippen molar-refractivity contribution in [2.24, 2.45) is 5.92 Å². The fraction of sp³-hybridized carbons (Fsp3) is 0.562. The van der Waals surface area contributed by atoms with E-state index in [2.05, 4.69) is 25.2 Å². The number of benzene rings is 1. The molecular weight excluding hydrogens is 254 g/mol. The van der Waals surface area contributed by atoms with E-state index >= 15 is 0 Å². The van der Waals surface area contributed by atoms with Crippen LogP contribution in [0.25, 0.3) is 0 Å². The lowest BCUT2D eigenvalue weighted by Crippen LogP contribution is -2.32. The zero-order valence-corrected chi connectivity index (χ0v) is 12.4. The topological polar surface area (TPSA) is 47.6 Å². The Morgan fingerprint density at radius 2 is 2.25 bits per heavy atom. The Morgan fingerprint density at radius 1 is 1.45 bits per heavy atom. The van der Waals surface area contributed by atoms with E-state index in [0.717, 1.165) is 30.9 Å². The van der Waals surface area contributed by atoms with Gasteiger partial charge in [0.25, 0.3) is 0 Å². The molecule has 0 radical (unpaired) electrons. The molecule has 1 atom stereocenters. The average Bonchev–Trinajstić information content (AvgIpc) is 2.86. The Morgan fingerprint density at radius 3 is 2.95 bits per heavy atom. The second kappa shape index (κ2) is 6.75. The van der Waals surface area contributed by atoms with Gasteiger partial charge < -0.3 is 14.8 Å². The largest absolute Gasteiger partial charge is 0.493 e. The molecule has 1 heterocycles. The summed E-state index contributed by atoms with van der Waals surface area (Å²) in [4.78, 5) is 12.1. The van der Waals surface area contributed by atoms with Crippen LogP contribution >= 0.6 is 0 Å². The Bertz CT molecular complexity index is 471. The molecule has 0 bridgehead atoms. The van der Waals surface area contributed by atoms with Crippen molar-refractivity contribution >= 4 is 5.97 Å². The molecule has 1 aliphatic rings. The summed E-state index contributed by atoms with van der Waals surface area (Å²) in [6, 6.07) is 5.54. The van der Waals surface area contributed by atoms with Gasteiger partial charge in [0.15, 0.2) is 0 Å². The van der Waals surface area contributed by atoms with Crippen LogP contribution in [-0.2, 0) is 16.0 Å². The van der Waals surface area contributed by atoms with Crippen LogP contribution in [-0.4, -0.2) is 25.7 Å². The van der Waals surface area contributed by atoms with Gasteiger partial charge in [-0.1, -0.05) is 19.9 Å². The first kappa shape index (κ1) is 14.9. The van der Waals surface area contributed by atoms with Gasteiger partial charge in [0.2, 0.25) is 0 Å². The van der Waals surface area contributed by atoms with Crippen molar-refractivity contribution in [1.82, 2.24) is 5.32 Å². The molecule has 20 heavy (non-hydrogen) atoms. The molecule has 0 spiro atoms. The van der Waals surface area contributed by atoms with E-state index in [4.69, 9.17) is 9.47 Å². The van der Waals surface area contributed by atoms with Crippen molar-refractivity contribution < 1.29 is 14.3 Å². The van der Waals surface area contributed by atoms with Crippen LogP contribution in [0.2, 0.25) is 0 Å². The highest BCUT2D eigenvalue weighted by atomic mass is 16.5. The number of carbonyl (C=O) groups is 1. The molecule has 1 N–H and O–H groups in total. The van der Waals surface area contributed by atoms with Crippen molar-refractivity contribution in [1.29, 1.82) is 0 Å². The van der Waals surface area contributed by atoms with Crippen LogP contribution in [0.4, 0.5) is 0 Å². The average molecular weight is 277 g/mol. The molecular formula is C16H23NO3. The van der Waals surface area contributed by atoms with E-state index in [0.29, 0.717) is 12.5 Å². The molecule has 4 nitrogen and oxygen atoms in total. The summed E-state index contributed by atoms with van der Waals surface area (Å²) in [7, 11) is 0. The van der Waals surface area contributed by atoms with Crippen LogP contribution in [0.5, 0.6) is 5.75 Å². The maximum Gasteiger partial charge on any atom is 0.327 e. The first-order valence-corrected chi connectivity index (χ1v) is 7.27. The van der Waals surface area contributed by atoms with Gasteiger partial charge in [-0.2, -0.15) is 0 Å². The zero-order valence-electron chi connectivity index (χ0n) is 12.4. The van der Waals surface area contributed by atoms with Gasteiger partial charge in [-0.15, -0.1) is 0 Å². The van der Waals surface area contributed by atoms with Crippen LogP contribution < -0.4 is 10.1 Å². The maximum atomic E-state index is 12.1. The Balaban J connectivity index is 2.18. The van der Waals surface area contributed by atoms with E-state index in [1.54, 1.807) is 0 Å². The highest BCUT2D eigenvalue weighted by Crippen LogP contribution is 2.28. The SMILES string of the molecule is CCOC(=O)C(NCC(C)C)c1ccc2c(c1)CCO2. The van der Waals surface area contributed by atoms with Crippen LogP contribution in [0.15, 0.2) is 18.2 Å². The molecule has 0 aliphatic carbocycles. The second-order valence-electron chi connectivity index (χ2n) is 5.45. The fourth-order valence-corrected chi connectivity index (χ4v) is 2.30. The minimum absolute atomic E-state index is 0.216. The lowest BCUT2D eigenvalue weighted by molar-refractivity contribution is -0.145. The quantitative estimate of drug-likeness (QED) is 0.812. The molecule has 0 saturated carbocycles. The number of esters is 1. The van der Waals surface area contributed by atoms with E-state index < -0.39 is 6.04 Å². The molecule has 1 aromatic carbocycles. The molecule has 2 rings (SSSR count). The summed E-state index contributed by atoms with van der Waals surface area (Å²) in [6.07, 6.45) is 0.906. The highest BCUT2D eigenvalue weighted by molar-refractivity contribution is 5.78. The molecule has 0 fully saturated rings. The molecule has 110 valence electrons. The summed E-state index contributed by atoms with van der Waals surface area (Å²) in [5, 5.41) is 3.30. The number of nitrogens with one attached hydrogen (secondary N) is 1. The second-order valence-corrected chi connectivity index (χ2v) is 5.45. The molecule has 4 heteroatoms.